The summed E-state index contributed by atoms with van der Waals surface area (Å²) in [7, 11) is 0. The number of amides is 3. The van der Waals surface area contributed by atoms with E-state index in [0.29, 0.717) is 48.1 Å². The first kappa shape index (κ1) is 21.0. The molecule has 0 spiro atoms. The van der Waals surface area contributed by atoms with Gasteiger partial charge in [0, 0.05) is 48.2 Å². The summed E-state index contributed by atoms with van der Waals surface area (Å²) in [5, 5.41) is 14.3. The van der Waals surface area contributed by atoms with Crippen molar-refractivity contribution in [3.8, 4) is 0 Å². The van der Waals surface area contributed by atoms with Gasteiger partial charge in [-0.2, -0.15) is 0 Å². The van der Waals surface area contributed by atoms with E-state index in [1.165, 1.54) is 24.4 Å². The fourth-order valence-corrected chi connectivity index (χ4v) is 3.92. The molecule has 2 heterocycles. The second kappa shape index (κ2) is 8.50. The maximum atomic E-state index is 13.1. The van der Waals surface area contributed by atoms with E-state index in [4.69, 9.17) is 5.73 Å². The Hall–Kier alpha value is -4.21. The molecule has 0 saturated carbocycles. The molecule has 0 unspecified atom stereocenters. The van der Waals surface area contributed by atoms with Crippen LogP contribution in [0.15, 0.2) is 48.7 Å². The minimum absolute atomic E-state index is 0.124. The van der Waals surface area contributed by atoms with Crippen molar-refractivity contribution in [3.05, 3.63) is 69.9 Å². The van der Waals surface area contributed by atoms with Crippen molar-refractivity contribution in [2.75, 3.05) is 18.4 Å². The van der Waals surface area contributed by atoms with Gasteiger partial charge in [-0.05, 0) is 31.0 Å². The van der Waals surface area contributed by atoms with Crippen LogP contribution in [0.5, 0.6) is 0 Å². The van der Waals surface area contributed by atoms with E-state index in [2.05, 4.69) is 10.3 Å². The van der Waals surface area contributed by atoms with Gasteiger partial charge in [0.15, 0.2) is 0 Å². The number of non-ortho nitro benzene ring substituents is 1. The molecule has 164 valence electrons. The van der Waals surface area contributed by atoms with Crippen molar-refractivity contribution in [2.45, 2.75) is 12.8 Å². The second-order valence-corrected chi connectivity index (χ2v) is 7.66. The van der Waals surface area contributed by atoms with Crippen LogP contribution in [0.1, 0.15) is 33.6 Å². The fraction of sp³-hybridized carbons (Fsp3) is 0.227. The zero-order valence-corrected chi connectivity index (χ0v) is 17.0. The zero-order chi connectivity index (χ0) is 22.8. The first-order valence-electron chi connectivity index (χ1n) is 10.1. The number of para-hydroxylation sites is 1. The Morgan fingerprint density at radius 2 is 1.81 bits per heavy atom. The molecule has 3 amide bonds. The quantitative estimate of drug-likeness (QED) is 0.416. The predicted molar refractivity (Wildman–Crippen MR) is 117 cm³/mol. The van der Waals surface area contributed by atoms with Crippen LogP contribution in [-0.2, 0) is 4.79 Å². The number of aromatic amines is 1. The number of rotatable bonds is 5. The highest BCUT2D eigenvalue weighted by Gasteiger charge is 2.28. The Kier molecular flexibility index (Phi) is 5.59. The standard InChI is InChI=1S/C22H21N5O5/c23-20(28)13-7-9-26(10-8-13)22(30)15-3-1-2-4-19(15)25-21(29)17-12-24-18-6-5-14(27(31)32)11-16(17)18/h1-6,11-13,24H,7-10H2,(H2,23,28)(H,25,29). The number of aromatic nitrogens is 1. The van der Waals surface area contributed by atoms with Gasteiger partial charge in [-0.1, -0.05) is 12.1 Å². The molecular weight excluding hydrogens is 414 g/mol. The lowest BCUT2D eigenvalue weighted by Crippen LogP contribution is -2.42. The molecule has 0 aliphatic carbocycles. The monoisotopic (exact) mass is 435 g/mol. The normalized spacial score (nSPS) is 14.3. The average Bonchev–Trinajstić information content (AvgIpc) is 3.22. The van der Waals surface area contributed by atoms with Gasteiger partial charge in [0.1, 0.15) is 0 Å². The number of carbonyl (C=O) groups excluding carboxylic acids is 3. The number of piperidine rings is 1. The molecule has 1 fully saturated rings. The highest BCUT2D eigenvalue weighted by atomic mass is 16.6. The Morgan fingerprint density at radius 1 is 1.09 bits per heavy atom. The number of nitrogens with zero attached hydrogens (tertiary/aromatic N) is 2. The molecule has 1 aliphatic rings. The summed E-state index contributed by atoms with van der Waals surface area (Å²) >= 11 is 0. The molecule has 2 aromatic carbocycles. The van der Waals surface area contributed by atoms with E-state index < -0.39 is 10.8 Å². The molecule has 10 nitrogen and oxygen atoms in total. The third-order valence-electron chi connectivity index (χ3n) is 5.71. The fourth-order valence-electron chi connectivity index (χ4n) is 3.92. The molecule has 32 heavy (non-hydrogen) atoms. The summed E-state index contributed by atoms with van der Waals surface area (Å²) in [5.74, 6) is -1.34. The number of benzene rings is 2. The lowest BCUT2D eigenvalue weighted by Gasteiger charge is -2.31. The number of likely N-dealkylation sites (tertiary alicyclic amines) is 1. The van der Waals surface area contributed by atoms with Gasteiger partial charge in [0.25, 0.3) is 17.5 Å². The van der Waals surface area contributed by atoms with Crippen LogP contribution in [0.2, 0.25) is 0 Å². The van der Waals surface area contributed by atoms with Crippen LogP contribution in [0, 0.1) is 16.0 Å². The van der Waals surface area contributed by atoms with Crippen LogP contribution >= 0.6 is 0 Å². The third-order valence-corrected chi connectivity index (χ3v) is 5.71. The molecule has 3 aromatic rings. The summed E-state index contributed by atoms with van der Waals surface area (Å²) in [4.78, 5) is 52.5. The molecule has 1 saturated heterocycles. The lowest BCUT2D eigenvalue weighted by atomic mass is 9.95. The van der Waals surface area contributed by atoms with Crippen molar-refractivity contribution in [3.63, 3.8) is 0 Å². The molecule has 0 atom stereocenters. The smallest absolute Gasteiger partial charge is 0.270 e. The van der Waals surface area contributed by atoms with Crippen LogP contribution in [0.3, 0.4) is 0 Å². The van der Waals surface area contributed by atoms with Crippen molar-refractivity contribution >= 4 is 40.0 Å². The highest BCUT2D eigenvalue weighted by molar-refractivity contribution is 6.15. The number of H-pyrrole nitrogens is 1. The summed E-state index contributed by atoms with van der Waals surface area (Å²) in [6.07, 6.45) is 2.48. The summed E-state index contributed by atoms with van der Waals surface area (Å²) in [6, 6.07) is 10.9. The van der Waals surface area contributed by atoms with Gasteiger partial charge in [-0.3, -0.25) is 24.5 Å². The van der Waals surface area contributed by atoms with Crippen LogP contribution in [-0.4, -0.2) is 45.6 Å². The van der Waals surface area contributed by atoms with Gasteiger partial charge in [0.05, 0.1) is 21.7 Å². The zero-order valence-electron chi connectivity index (χ0n) is 17.0. The number of hydrogen-bond donors (Lipinski definition) is 3. The van der Waals surface area contributed by atoms with Crippen molar-refractivity contribution in [1.82, 2.24) is 9.88 Å². The highest BCUT2D eigenvalue weighted by Crippen LogP contribution is 2.26. The van der Waals surface area contributed by atoms with Crippen LogP contribution in [0.25, 0.3) is 10.9 Å². The van der Waals surface area contributed by atoms with Gasteiger partial charge >= 0.3 is 0 Å². The van der Waals surface area contributed by atoms with E-state index in [9.17, 15) is 24.5 Å². The molecule has 10 heteroatoms. The van der Waals surface area contributed by atoms with Crippen molar-refractivity contribution in [1.29, 1.82) is 0 Å². The second-order valence-electron chi connectivity index (χ2n) is 7.66. The van der Waals surface area contributed by atoms with E-state index in [1.807, 2.05) is 0 Å². The Balaban J connectivity index is 1.56. The van der Waals surface area contributed by atoms with E-state index in [0.717, 1.165) is 0 Å². The summed E-state index contributed by atoms with van der Waals surface area (Å²) in [5.41, 5.74) is 6.71. The number of nitro groups is 1. The Morgan fingerprint density at radius 3 is 2.50 bits per heavy atom. The largest absolute Gasteiger partial charge is 0.369 e. The topological polar surface area (TPSA) is 151 Å². The maximum absolute atomic E-state index is 13.1. The minimum Gasteiger partial charge on any atom is -0.369 e. The maximum Gasteiger partial charge on any atom is 0.270 e. The number of nitrogens with one attached hydrogen (secondary N) is 2. The van der Waals surface area contributed by atoms with Crippen LogP contribution < -0.4 is 11.1 Å². The number of anilines is 1. The third kappa shape index (κ3) is 4.02. The molecule has 1 aromatic heterocycles. The van der Waals surface area contributed by atoms with Crippen molar-refractivity contribution in [2.24, 2.45) is 11.7 Å². The summed E-state index contributed by atoms with van der Waals surface area (Å²) < 4.78 is 0. The van der Waals surface area contributed by atoms with Gasteiger partial charge in [-0.25, -0.2) is 0 Å². The molecule has 0 bridgehead atoms. The number of fused-ring (bicyclic) bond motifs is 1. The molecular formula is C22H21N5O5. The van der Waals surface area contributed by atoms with Gasteiger partial charge < -0.3 is 20.9 Å². The predicted octanol–water partition coefficient (Wildman–Crippen LogP) is 2.67. The molecule has 4 rings (SSSR count). The van der Waals surface area contributed by atoms with Gasteiger partial charge in [0.2, 0.25) is 5.91 Å². The van der Waals surface area contributed by atoms with E-state index in [1.54, 1.807) is 29.2 Å². The molecule has 4 N–H and O–H groups in total. The Bertz CT molecular complexity index is 1230. The number of primary amides is 1. The molecule has 1 aliphatic heterocycles. The lowest BCUT2D eigenvalue weighted by molar-refractivity contribution is -0.384. The minimum atomic E-state index is -0.524. The van der Waals surface area contributed by atoms with E-state index >= 15 is 0 Å². The summed E-state index contributed by atoms with van der Waals surface area (Å²) in [6.45, 7) is 0.807. The molecule has 0 radical (unpaired) electrons. The first-order chi connectivity index (χ1) is 15.3. The number of hydrogen-bond acceptors (Lipinski definition) is 5. The number of nitro benzene ring substituents is 1. The number of carbonyl (C=O) groups is 3. The van der Waals surface area contributed by atoms with Gasteiger partial charge in [-0.15, -0.1) is 0 Å². The number of nitrogens with two attached hydrogens (primary N) is 1. The SMILES string of the molecule is NC(=O)C1CCN(C(=O)c2ccccc2NC(=O)c2c[nH]c3ccc([N+](=O)[O-])cc23)CC1. The average molecular weight is 435 g/mol. The van der Waals surface area contributed by atoms with Crippen LogP contribution in [0.4, 0.5) is 11.4 Å². The first-order valence-corrected chi connectivity index (χ1v) is 10.1. The van der Waals surface area contributed by atoms with E-state index in [-0.39, 0.29) is 29.0 Å². The Labute approximate surface area is 182 Å². The van der Waals surface area contributed by atoms with Crippen molar-refractivity contribution < 1.29 is 19.3 Å².